The van der Waals surface area contributed by atoms with E-state index in [2.05, 4.69) is 10.1 Å². The Morgan fingerprint density at radius 2 is 1.88 bits per heavy atom. The molecule has 4 aromatic heterocycles. The molecule has 0 atom stereocenters. The maximum Gasteiger partial charge on any atom is 0.264 e. The predicted octanol–water partition coefficient (Wildman–Crippen LogP) is 3.33. The van der Waals surface area contributed by atoms with Crippen LogP contribution < -0.4 is 5.56 Å². The van der Waals surface area contributed by atoms with Gasteiger partial charge in [0.1, 0.15) is 10.5 Å². The molecule has 1 aliphatic rings. The molecule has 33 heavy (non-hydrogen) atoms. The van der Waals surface area contributed by atoms with Gasteiger partial charge >= 0.3 is 0 Å². The zero-order valence-electron chi connectivity index (χ0n) is 18.0. The number of nitrogens with zero attached hydrogens (tertiary/aromatic N) is 6. The molecular weight excluding hydrogens is 450 g/mol. The molecule has 1 fully saturated rings. The highest BCUT2D eigenvalue weighted by Crippen LogP contribution is 2.35. The van der Waals surface area contributed by atoms with E-state index in [1.807, 2.05) is 6.07 Å². The van der Waals surface area contributed by atoms with Crippen LogP contribution in [0.15, 0.2) is 41.5 Å². The Hall–Kier alpha value is -3.47. The quantitative estimate of drug-likeness (QED) is 0.459. The number of fused-ring (bicyclic) bond motifs is 1. The number of hydrogen-bond donors (Lipinski definition) is 0. The number of alkyl halides is 2. The van der Waals surface area contributed by atoms with Crippen molar-refractivity contribution < 1.29 is 13.6 Å². The molecule has 0 radical (unpaired) electrons. The number of piperidine rings is 1. The van der Waals surface area contributed by atoms with Crippen molar-refractivity contribution in [2.24, 2.45) is 14.1 Å². The van der Waals surface area contributed by atoms with Crippen LogP contribution in [-0.4, -0.2) is 54.1 Å². The van der Waals surface area contributed by atoms with E-state index in [1.165, 1.54) is 26.9 Å². The first kappa shape index (κ1) is 21.4. The van der Waals surface area contributed by atoms with E-state index in [0.29, 0.717) is 32.2 Å². The topological polar surface area (TPSA) is 85.9 Å². The second-order valence-corrected chi connectivity index (χ2v) is 9.11. The Morgan fingerprint density at radius 3 is 2.55 bits per heavy atom. The summed E-state index contributed by atoms with van der Waals surface area (Å²) in [5.41, 5.74) is 1.84. The molecule has 1 amide bonds. The van der Waals surface area contributed by atoms with Crippen LogP contribution in [0.3, 0.4) is 0 Å². The predicted molar refractivity (Wildman–Crippen MR) is 120 cm³/mol. The first-order chi connectivity index (χ1) is 15.7. The average Bonchev–Trinajstić information content (AvgIpc) is 3.40. The van der Waals surface area contributed by atoms with Gasteiger partial charge in [0.05, 0.1) is 10.6 Å². The molecule has 0 unspecified atom stereocenters. The molecule has 0 saturated carbocycles. The fraction of sp³-hybridized carbons (Fsp3) is 0.318. The van der Waals surface area contributed by atoms with Crippen LogP contribution in [0.25, 0.3) is 33.0 Å². The lowest BCUT2D eigenvalue weighted by Gasteiger charge is -2.31. The summed E-state index contributed by atoms with van der Waals surface area (Å²) in [4.78, 5) is 36.8. The molecule has 11 heteroatoms. The van der Waals surface area contributed by atoms with Gasteiger partial charge in [-0.15, -0.1) is 11.3 Å². The van der Waals surface area contributed by atoms with Gasteiger partial charge in [-0.25, -0.2) is 18.7 Å². The Balaban J connectivity index is 1.62. The fourth-order valence-electron chi connectivity index (χ4n) is 3.88. The largest absolute Gasteiger partial charge is 0.338 e. The number of amides is 1. The number of carbonyl (C=O) groups is 1. The van der Waals surface area contributed by atoms with Crippen molar-refractivity contribution in [1.29, 1.82) is 0 Å². The van der Waals surface area contributed by atoms with Gasteiger partial charge in [-0.1, -0.05) is 0 Å². The van der Waals surface area contributed by atoms with Crippen molar-refractivity contribution in [3.05, 3.63) is 51.9 Å². The second kappa shape index (κ2) is 7.84. The van der Waals surface area contributed by atoms with Gasteiger partial charge in [-0.05, 0) is 18.2 Å². The molecule has 8 nitrogen and oxygen atoms in total. The molecule has 1 aliphatic heterocycles. The maximum atomic E-state index is 13.5. The molecular formula is C22H20F2N6O2S. The molecule has 0 aromatic carbocycles. The van der Waals surface area contributed by atoms with Gasteiger partial charge in [0.2, 0.25) is 5.56 Å². The van der Waals surface area contributed by atoms with E-state index in [4.69, 9.17) is 4.98 Å². The third kappa shape index (κ3) is 3.92. The van der Waals surface area contributed by atoms with Crippen LogP contribution in [-0.2, 0) is 14.1 Å². The summed E-state index contributed by atoms with van der Waals surface area (Å²) in [5.74, 6) is -2.60. The lowest BCUT2D eigenvalue weighted by Crippen LogP contribution is -2.42. The smallest absolute Gasteiger partial charge is 0.264 e. The van der Waals surface area contributed by atoms with E-state index in [1.54, 1.807) is 43.3 Å². The van der Waals surface area contributed by atoms with E-state index in [0.717, 1.165) is 5.69 Å². The minimum absolute atomic E-state index is 0.0175. The number of hydrogen-bond acceptors (Lipinski definition) is 6. The Labute approximate surface area is 191 Å². The van der Waals surface area contributed by atoms with Crippen molar-refractivity contribution in [3.63, 3.8) is 0 Å². The van der Waals surface area contributed by atoms with E-state index >= 15 is 0 Å². The van der Waals surface area contributed by atoms with Crippen LogP contribution in [0.2, 0.25) is 0 Å². The summed E-state index contributed by atoms with van der Waals surface area (Å²) in [5, 5.41) is 4.91. The molecule has 0 spiro atoms. The number of aromatic nitrogens is 5. The number of halogens is 2. The van der Waals surface area contributed by atoms with Crippen LogP contribution in [0.4, 0.5) is 8.78 Å². The van der Waals surface area contributed by atoms with Crippen molar-refractivity contribution in [2.75, 3.05) is 13.1 Å². The van der Waals surface area contributed by atoms with Gasteiger partial charge in [0.25, 0.3) is 11.8 Å². The summed E-state index contributed by atoms with van der Waals surface area (Å²) in [6, 6.07) is 6.65. The molecule has 1 saturated heterocycles. The van der Waals surface area contributed by atoms with E-state index < -0.39 is 5.92 Å². The van der Waals surface area contributed by atoms with Gasteiger partial charge in [0, 0.05) is 69.4 Å². The van der Waals surface area contributed by atoms with Gasteiger partial charge < -0.3 is 9.47 Å². The molecule has 0 N–H and O–H groups in total. The van der Waals surface area contributed by atoms with Crippen molar-refractivity contribution in [2.45, 2.75) is 18.8 Å². The van der Waals surface area contributed by atoms with Gasteiger partial charge in [0.15, 0.2) is 5.82 Å². The third-order valence-corrected chi connectivity index (χ3v) is 6.81. The molecule has 4 aromatic rings. The highest BCUT2D eigenvalue weighted by atomic mass is 32.1. The summed E-state index contributed by atoms with van der Waals surface area (Å²) in [7, 11) is 3.44. The van der Waals surface area contributed by atoms with Crippen molar-refractivity contribution in [1.82, 2.24) is 29.2 Å². The Bertz CT molecular complexity index is 1430. The molecule has 5 heterocycles. The number of aryl methyl sites for hydroxylation is 2. The SMILES string of the molecule is Cn1nccc1-c1nc(-c2ccc(=O)n(C)c2)nc2sc(C(=O)N3CCC(F)(F)CC3)cc12. The van der Waals surface area contributed by atoms with Crippen LogP contribution in [0.1, 0.15) is 22.5 Å². The first-order valence-corrected chi connectivity index (χ1v) is 11.2. The van der Waals surface area contributed by atoms with Crippen LogP contribution in [0.5, 0.6) is 0 Å². The van der Waals surface area contributed by atoms with Crippen molar-refractivity contribution in [3.8, 4) is 22.8 Å². The Kier molecular flexibility index (Phi) is 5.08. The Morgan fingerprint density at radius 1 is 1.12 bits per heavy atom. The monoisotopic (exact) mass is 470 g/mol. The molecule has 0 aliphatic carbocycles. The molecule has 0 bridgehead atoms. The third-order valence-electron chi connectivity index (χ3n) is 5.79. The van der Waals surface area contributed by atoms with Crippen LogP contribution >= 0.6 is 11.3 Å². The highest BCUT2D eigenvalue weighted by molar-refractivity contribution is 7.20. The standard InChI is InChI=1S/C22H20F2N6O2S/c1-28-12-13(3-4-17(28)31)19-26-18(15-5-8-25-29(15)2)14-11-16(33-20(14)27-19)21(32)30-9-6-22(23,24)7-10-30/h3-5,8,11-12H,6-7,9-10H2,1-2H3. The first-order valence-electron chi connectivity index (χ1n) is 10.4. The summed E-state index contributed by atoms with van der Waals surface area (Å²) in [6.07, 6.45) is 2.65. The van der Waals surface area contributed by atoms with E-state index in [9.17, 15) is 18.4 Å². The van der Waals surface area contributed by atoms with Crippen molar-refractivity contribution >= 4 is 27.5 Å². The highest BCUT2D eigenvalue weighted by Gasteiger charge is 2.36. The minimum atomic E-state index is -2.72. The van der Waals surface area contributed by atoms with Gasteiger partial charge in [-0.3, -0.25) is 14.3 Å². The minimum Gasteiger partial charge on any atom is -0.338 e. The van der Waals surface area contributed by atoms with Gasteiger partial charge in [-0.2, -0.15) is 5.10 Å². The lowest BCUT2D eigenvalue weighted by atomic mass is 10.1. The zero-order chi connectivity index (χ0) is 23.3. The summed E-state index contributed by atoms with van der Waals surface area (Å²) >= 11 is 1.20. The zero-order valence-corrected chi connectivity index (χ0v) is 18.8. The van der Waals surface area contributed by atoms with E-state index in [-0.39, 0.29) is 37.4 Å². The number of rotatable bonds is 3. The fourth-order valence-corrected chi connectivity index (χ4v) is 4.88. The van der Waals surface area contributed by atoms with Crippen LogP contribution in [0, 0.1) is 0 Å². The average molecular weight is 471 g/mol. The lowest BCUT2D eigenvalue weighted by molar-refractivity contribution is -0.0493. The number of likely N-dealkylation sites (tertiary alicyclic amines) is 1. The second-order valence-electron chi connectivity index (χ2n) is 8.08. The summed E-state index contributed by atoms with van der Waals surface area (Å²) in [6.45, 7) is 0.0350. The maximum absolute atomic E-state index is 13.5. The molecule has 170 valence electrons. The summed E-state index contributed by atoms with van der Waals surface area (Å²) < 4.78 is 30.2. The number of carbonyl (C=O) groups excluding carboxylic acids is 1. The molecule has 5 rings (SSSR count). The normalized spacial score (nSPS) is 15.8. The number of thiophene rings is 1. The number of pyridine rings is 1.